The van der Waals surface area contributed by atoms with Crippen LogP contribution < -0.4 is 16.1 Å². The van der Waals surface area contributed by atoms with Crippen LogP contribution in [0, 0.1) is 20.8 Å². The highest BCUT2D eigenvalue weighted by atomic mass is 35.5. The van der Waals surface area contributed by atoms with Gasteiger partial charge in [0, 0.05) is 28.4 Å². The van der Waals surface area contributed by atoms with Crippen LogP contribution in [0.1, 0.15) is 40.3 Å². The van der Waals surface area contributed by atoms with Gasteiger partial charge in [0.05, 0.1) is 11.8 Å². The van der Waals surface area contributed by atoms with Crippen LogP contribution in [-0.2, 0) is 0 Å². The van der Waals surface area contributed by atoms with Crippen LogP contribution in [0.2, 0.25) is 5.02 Å². The van der Waals surface area contributed by atoms with Crippen molar-refractivity contribution in [1.29, 1.82) is 0 Å². The number of hydrogen-bond donors (Lipinski definition) is 3. The van der Waals surface area contributed by atoms with Gasteiger partial charge in [-0.3, -0.25) is 0 Å². The molecule has 1 aliphatic rings. The molecule has 1 heterocycles. The molecule has 6 heteroatoms. The number of urea groups is 1. The molecular weight excluding hydrogens is 408 g/mol. The number of fused-ring (bicyclic) bond motifs is 1. The first-order valence-electron chi connectivity index (χ1n) is 10.2. The molecule has 1 aliphatic heterocycles. The minimum absolute atomic E-state index is 0.0509. The molecule has 0 spiro atoms. The van der Waals surface area contributed by atoms with Gasteiger partial charge in [-0.25, -0.2) is 10.2 Å². The van der Waals surface area contributed by atoms with Gasteiger partial charge >= 0.3 is 6.03 Å². The van der Waals surface area contributed by atoms with Gasteiger partial charge in [0.15, 0.2) is 0 Å². The summed E-state index contributed by atoms with van der Waals surface area (Å²) in [5.74, 6) is 0. The SMILES string of the molecule is Cc1ccc(NC(=O)NN=C2CC(c3ccc(C)cc3C)Nc3ccc(Cl)cc32)cc1. The zero-order chi connectivity index (χ0) is 22.0. The zero-order valence-electron chi connectivity index (χ0n) is 17.8. The molecule has 3 aromatic carbocycles. The van der Waals surface area contributed by atoms with Crippen LogP contribution in [0.4, 0.5) is 16.2 Å². The van der Waals surface area contributed by atoms with Gasteiger partial charge in [-0.1, -0.05) is 53.1 Å². The van der Waals surface area contributed by atoms with E-state index in [1.165, 1.54) is 16.7 Å². The fraction of sp³-hybridized carbons (Fsp3) is 0.200. The molecule has 1 atom stereocenters. The Bertz CT molecular complexity index is 1150. The van der Waals surface area contributed by atoms with Crippen molar-refractivity contribution in [3.8, 4) is 0 Å². The summed E-state index contributed by atoms with van der Waals surface area (Å²) in [4.78, 5) is 12.4. The van der Waals surface area contributed by atoms with Gasteiger partial charge in [-0.15, -0.1) is 0 Å². The molecule has 0 saturated heterocycles. The van der Waals surface area contributed by atoms with Gasteiger partial charge in [-0.2, -0.15) is 5.10 Å². The van der Waals surface area contributed by atoms with Crippen LogP contribution in [0.5, 0.6) is 0 Å². The predicted octanol–water partition coefficient (Wildman–Crippen LogP) is 6.35. The Kier molecular flexibility index (Phi) is 5.96. The number of carbonyl (C=O) groups is 1. The van der Waals surface area contributed by atoms with Crippen molar-refractivity contribution in [3.05, 3.63) is 93.5 Å². The Morgan fingerprint density at radius 3 is 2.48 bits per heavy atom. The second-order valence-electron chi connectivity index (χ2n) is 7.94. The second-order valence-corrected chi connectivity index (χ2v) is 8.38. The highest BCUT2D eigenvalue weighted by molar-refractivity contribution is 6.31. The van der Waals surface area contributed by atoms with Gasteiger partial charge < -0.3 is 10.6 Å². The number of carbonyl (C=O) groups excluding carboxylic acids is 1. The number of hydrogen-bond acceptors (Lipinski definition) is 3. The van der Waals surface area contributed by atoms with E-state index in [1.807, 2.05) is 49.4 Å². The van der Waals surface area contributed by atoms with E-state index >= 15 is 0 Å². The van der Waals surface area contributed by atoms with E-state index in [9.17, 15) is 4.79 Å². The van der Waals surface area contributed by atoms with Crippen LogP contribution in [0.15, 0.2) is 65.8 Å². The third-order valence-corrected chi connectivity index (χ3v) is 5.66. The lowest BCUT2D eigenvalue weighted by molar-refractivity contribution is 0.252. The van der Waals surface area contributed by atoms with Crippen LogP contribution in [0.25, 0.3) is 0 Å². The third kappa shape index (κ3) is 4.89. The number of halogens is 1. The van der Waals surface area contributed by atoms with Gasteiger partial charge in [0.1, 0.15) is 0 Å². The molecule has 0 aromatic heterocycles. The summed E-state index contributed by atoms with van der Waals surface area (Å²) >= 11 is 6.24. The number of rotatable bonds is 3. The molecule has 1 unspecified atom stereocenters. The summed E-state index contributed by atoms with van der Waals surface area (Å²) in [5, 5.41) is 11.5. The van der Waals surface area contributed by atoms with Crippen LogP contribution >= 0.6 is 11.6 Å². The van der Waals surface area contributed by atoms with E-state index in [-0.39, 0.29) is 12.1 Å². The molecule has 3 N–H and O–H groups in total. The van der Waals surface area contributed by atoms with Crippen molar-refractivity contribution >= 4 is 34.7 Å². The largest absolute Gasteiger partial charge is 0.377 e. The molecule has 31 heavy (non-hydrogen) atoms. The van der Waals surface area contributed by atoms with Crippen molar-refractivity contribution in [2.45, 2.75) is 33.2 Å². The van der Waals surface area contributed by atoms with Gasteiger partial charge in [0.2, 0.25) is 0 Å². The van der Waals surface area contributed by atoms with Crippen LogP contribution in [-0.4, -0.2) is 11.7 Å². The fourth-order valence-electron chi connectivity index (χ4n) is 3.85. The third-order valence-electron chi connectivity index (χ3n) is 5.42. The summed E-state index contributed by atoms with van der Waals surface area (Å²) in [6, 6.07) is 19.4. The molecule has 0 saturated carbocycles. The number of benzene rings is 3. The molecule has 5 nitrogen and oxygen atoms in total. The first-order chi connectivity index (χ1) is 14.9. The molecule has 0 fully saturated rings. The first kappa shape index (κ1) is 20.9. The highest BCUT2D eigenvalue weighted by Crippen LogP contribution is 2.35. The molecule has 0 aliphatic carbocycles. The molecule has 158 valence electrons. The minimum Gasteiger partial charge on any atom is -0.377 e. The number of nitrogens with one attached hydrogen (secondary N) is 3. The normalized spacial score (nSPS) is 16.4. The molecule has 2 amide bonds. The van der Waals surface area contributed by atoms with Crippen molar-refractivity contribution in [2.24, 2.45) is 5.10 Å². The Morgan fingerprint density at radius 1 is 1.00 bits per heavy atom. The summed E-state index contributed by atoms with van der Waals surface area (Å²) in [6.45, 7) is 6.21. The standard InChI is InChI=1S/C25H25ClN4O/c1-15-4-8-19(9-5-15)27-25(31)30-29-24-14-23(20-10-6-16(2)12-17(20)3)28-22-11-7-18(26)13-21(22)24/h4-13,23,28H,14H2,1-3H3,(H2,27,30,31). The average Bonchev–Trinajstić information content (AvgIpc) is 2.74. The fourth-order valence-corrected chi connectivity index (χ4v) is 4.02. The van der Waals surface area contributed by atoms with E-state index in [1.54, 1.807) is 0 Å². The summed E-state index contributed by atoms with van der Waals surface area (Å²) in [7, 11) is 0. The molecule has 3 aromatic rings. The minimum atomic E-state index is -0.387. The lowest BCUT2D eigenvalue weighted by atomic mass is 9.89. The maximum Gasteiger partial charge on any atom is 0.339 e. The Hall–Kier alpha value is -3.31. The Morgan fingerprint density at radius 2 is 1.74 bits per heavy atom. The maximum atomic E-state index is 12.4. The van der Waals surface area contributed by atoms with E-state index in [4.69, 9.17) is 11.6 Å². The predicted molar refractivity (Wildman–Crippen MR) is 128 cm³/mol. The van der Waals surface area contributed by atoms with E-state index in [0.29, 0.717) is 17.1 Å². The zero-order valence-corrected chi connectivity index (χ0v) is 18.5. The van der Waals surface area contributed by atoms with Gasteiger partial charge in [0.25, 0.3) is 0 Å². The molecule has 0 bridgehead atoms. The summed E-state index contributed by atoms with van der Waals surface area (Å²) < 4.78 is 0. The van der Waals surface area contributed by atoms with Crippen molar-refractivity contribution in [3.63, 3.8) is 0 Å². The maximum absolute atomic E-state index is 12.4. The smallest absolute Gasteiger partial charge is 0.339 e. The number of anilines is 2. The average molecular weight is 433 g/mol. The van der Waals surface area contributed by atoms with Crippen molar-refractivity contribution in [2.75, 3.05) is 10.6 Å². The monoisotopic (exact) mass is 432 g/mol. The summed E-state index contributed by atoms with van der Waals surface area (Å²) in [6.07, 6.45) is 0.627. The Balaban J connectivity index is 1.59. The molecular formula is C25H25ClN4O. The van der Waals surface area contributed by atoms with Crippen molar-refractivity contribution < 1.29 is 4.79 Å². The second kappa shape index (κ2) is 8.82. The van der Waals surface area contributed by atoms with E-state index in [2.05, 4.69) is 53.2 Å². The summed E-state index contributed by atoms with van der Waals surface area (Å²) in [5.41, 5.74) is 10.8. The Labute approximate surface area is 187 Å². The number of nitrogens with zero attached hydrogens (tertiary/aromatic N) is 1. The molecule has 4 rings (SSSR count). The first-order valence-corrected chi connectivity index (χ1v) is 10.6. The van der Waals surface area contributed by atoms with E-state index in [0.717, 1.165) is 22.5 Å². The highest BCUT2D eigenvalue weighted by Gasteiger charge is 2.26. The van der Waals surface area contributed by atoms with E-state index < -0.39 is 0 Å². The number of hydrazone groups is 1. The molecule has 0 radical (unpaired) electrons. The lowest BCUT2D eigenvalue weighted by Crippen LogP contribution is -2.29. The quantitative estimate of drug-likeness (QED) is 0.422. The van der Waals surface area contributed by atoms with Crippen molar-refractivity contribution in [1.82, 2.24) is 5.43 Å². The van der Waals surface area contributed by atoms with Gasteiger partial charge in [-0.05, 0) is 62.2 Å². The number of aryl methyl sites for hydroxylation is 3. The lowest BCUT2D eigenvalue weighted by Gasteiger charge is -2.29. The number of amides is 2. The topological polar surface area (TPSA) is 65.5 Å². The van der Waals surface area contributed by atoms with Crippen LogP contribution in [0.3, 0.4) is 0 Å².